The van der Waals surface area contributed by atoms with Crippen LogP contribution < -0.4 is 0 Å². The minimum Gasteiger partial charge on any atom is -0.350 e. The van der Waals surface area contributed by atoms with Crippen molar-refractivity contribution in [3.05, 3.63) is 70.7 Å². The molecule has 0 unspecified atom stereocenters. The van der Waals surface area contributed by atoms with Gasteiger partial charge in [-0.15, -0.1) is 11.3 Å². The molecule has 1 aliphatic heterocycles. The van der Waals surface area contributed by atoms with E-state index in [9.17, 15) is 4.79 Å². The number of hydrogen-bond acceptors (Lipinski definition) is 3. The van der Waals surface area contributed by atoms with Crippen molar-refractivity contribution < 1.29 is 4.79 Å². The molecule has 1 saturated heterocycles. The highest BCUT2D eigenvalue weighted by Gasteiger charge is 2.31. The van der Waals surface area contributed by atoms with Crippen LogP contribution in [-0.4, -0.2) is 47.5 Å². The Hall–Kier alpha value is -2.63. The van der Waals surface area contributed by atoms with Crippen molar-refractivity contribution in [2.24, 2.45) is 7.05 Å². The van der Waals surface area contributed by atoms with Gasteiger partial charge < -0.3 is 9.47 Å². The number of amides is 1. The van der Waals surface area contributed by atoms with Gasteiger partial charge in [0.15, 0.2) is 0 Å². The van der Waals surface area contributed by atoms with E-state index in [1.807, 2.05) is 14.1 Å². The monoisotopic (exact) mass is 417 g/mol. The first kappa shape index (κ1) is 19.3. The van der Waals surface area contributed by atoms with Crippen molar-refractivity contribution in [2.45, 2.75) is 18.9 Å². The number of aromatic nitrogens is 1. The van der Waals surface area contributed by atoms with Gasteiger partial charge in [-0.2, -0.15) is 0 Å². The van der Waals surface area contributed by atoms with Gasteiger partial charge in [0, 0.05) is 62.0 Å². The van der Waals surface area contributed by atoms with E-state index in [4.69, 9.17) is 0 Å². The summed E-state index contributed by atoms with van der Waals surface area (Å²) in [5, 5.41) is 2.60. The number of carbonyl (C=O) groups is 1. The van der Waals surface area contributed by atoms with Crippen LogP contribution in [0.15, 0.2) is 54.7 Å². The first-order valence-corrected chi connectivity index (χ1v) is 11.3. The summed E-state index contributed by atoms with van der Waals surface area (Å²) in [5.74, 6) is 0.522. The van der Waals surface area contributed by atoms with Crippen molar-refractivity contribution >= 4 is 38.2 Å². The minimum atomic E-state index is 0.124. The fourth-order valence-corrected chi connectivity index (χ4v) is 6.15. The number of fused-ring (bicyclic) bond motifs is 2. The number of likely N-dealkylation sites (tertiary alicyclic amines) is 1. The lowest BCUT2D eigenvalue weighted by Gasteiger charge is -2.17. The Morgan fingerprint density at radius 3 is 2.63 bits per heavy atom. The summed E-state index contributed by atoms with van der Waals surface area (Å²) in [6, 6.07) is 17.1. The topological polar surface area (TPSA) is 28.5 Å². The lowest BCUT2D eigenvalue weighted by atomic mass is 9.95. The van der Waals surface area contributed by atoms with E-state index in [-0.39, 0.29) is 5.91 Å². The number of thiophene rings is 1. The quantitative estimate of drug-likeness (QED) is 0.463. The highest BCUT2D eigenvalue weighted by Crippen LogP contribution is 2.41. The molecular weight excluding hydrogens is 390 g/mol. The van der Waals surface area contributed by atoms with Crippen molar-refractivity contribution in [3.8, 4) is 0 Å². The van der Waals surface area contributed by atoms with E-state index in [1.54, 1.807) is 16.2 Å². The van der Waals surface area contributed by atoms with Crippen LogP contribution in [-0.2, 0) is 13.6 Å². The molecule has 1 amide bonds. The molecule has 0 radical (unpaired) electrons. The normalized spacial score (nSPS) is 17.2. The van der Waals surface area contributed by atoms with Gasteiger partial charge in [0.2, 0.25) is 0 Å². The zero-order chi connectivity index (χ0) is 20.8. The van der Waals surface area contributed by atoms with Gasteiger partial charge in [-0.1, -0.05) is 36.4 Å². The maximum Gasteiger partial charge on any atom is 0.263 e. The molecule has 4 aromatic rings. The molecule has 0 saturated carbocycles. The number of rotatable bonds is 4. The van der Waals surface area contributed by atoms with Crippen LogP contribution in [0.25, 0.3) is 21.0 Å². The van der Waals surface area contributed by atoms with Crippen LogP contribution in [0.5, 0.6) is 0 Å². The van der Waals surface area contributed by atoms with E-state index in [1.165, 1.54) is 32.1 Å². The van der Waals surface area contributed by atoms with Crippen molar-refractivity contribution in [3.63, 3.8) is 0 Å². The molecule has 154 valence electrons. The molecule has 0 aliphatic carbocycles. The first-order chi connectivity index (χ1) is 14.5. The lowest BCUT2D eigenvalue weighted by Crippen LogP contribution is -2.23. The molecule has 30 heavy (non-hydrogen) atoms. The van der Waals surface area contributed by atoms with E-state index in [0.29, 0.717) is 5.92 Å². The van der Waals surface area contributed by atoms with Crippen molar-refractivity contribution in [1.29, 1.82) is 0 Å². The smallest absolute Gasteiger partial charge is 0.263 e. The summed E-state index contributed by atoms with van der Waals surface area (Å²) in [6.07, 6.45) is 3.36. The third-order valence-corrected chi connectivity index (χ3v) is 7.46. The molecule has 0 bridgehead atoms. The van der Waals surface area contributed by atoms with Crippen molar-refractivity contribution in [1.82, 2.24) is 14.4 Å². The number of benzene rings is 2. The molecule has 2 aromatic carbocycles. The molecule has 2 aromatic heterocycles. The maximum atomic E-state index is 12.9. The number of nitrogens with zero attached hydrogens (tertiary/aromatic N) is 3. The summed E-state index contributed by atoms with van der Waals surface area (Å²) in [5.41, 5.74) is 3.93. The lowest BCUT2D eigenvalue weighted by molar-refractivity contribution is 0.0831. The number of para-hydroxylation sites is 1. The number of hydrogen-bond donors (Lipinski definition) is 0. The Labute approximate surface area is 181 Å². The zero-order valence-corrected chi connectivity index (χ0v) is 18.6. The van der Waals surface area contributed by atoms with Gasteiger partial charge in [0.25, 0.3) is 5.91 Å². The summed E-state index contributed by atoms with van der Waals surface area (Å²) < 4.78 is 3.43. The highest BCUT2D eigenvalue weighted by molar-refractivity contribution is 7.21. The van der Waals surface area contributed by atoms with Crippen LogP contribution in [0.4, 0.5) is 0 Å². The number of carbonyl (C=O) groups excluding carboxylic acids is 1. The van der Waals surface area contributed by atoms with Crippen LogP contribution in [0.3, 0.4) is 0 Å². The molecule has 1 atom stereocenters. The third-order valence-electron chi connectivity index (χ3n) is 6.29. The SMILES string of the molecule is CN(C)C(=O)c1sc2ccccc2c1[C@@H]1CCN(Cc2cn(C)c3ccccc23)C1. The first-order valence-electron chi connectivity index (χ1n) is 10.5. The second-order valence-corrected chi connectivity index (χ2v) is 9.60. The molecule has 5 rings (SSSR count). The van der Waals surface area contributed by atoms with E-state index >= 15 is 0 Å². The molecule has 4 nitrogen and oxygen atoms in total. The van der Waals surface area contributed by atoms with E-state index in [2.05, 4.69) is 71.2 Å². The molecule has 0 spiro atoms. The molecular formula is C25H27N3OS. The average Bonchev–Trinajstić information content (AvgIpc) is 3.44. The third kappa shape index (κ3) is 3.22. The van der Waals surface area contributed by atoms with E-state index < -0.39 is 0 Å². The Kier molecular flexibility index (Phi) is 4.88. The maximum absolute atomic E-state index is 12.9. The second kappa shape index (κ2) is 7.56. The Morgan fingerprint density at radius 2 is 1.83 bits per heavy atom. The zero-order valence-electron chi connectivity index (χ0n) is 17.8. The Balaban J connectivity index is 1.45. The van der Waals surface area contributed by atoms with Gasteiger partial charge in [-0.25, -0.2) is 0 Å². The van der Waals surface area contributed by atoms with Gasteiger partial charge in [0.05, 0.1) is 4.88 Å². The second-order valence-electron chi connectivity index (χ2n) is 8.54. The van der Waals surface area contributed by atoms with Crippen LogP contribution in [0.2, 0.25) is 0 Å². The Bertz CT molecular complexity index is 1240. The standard InChI is InChI=1S/C25H27N3OS/c1-26(2)25(29)24-23(20-9-5-7-11-22(20)30-24)17-12-13-28(15-17)16-18-14-27(3)21-10-6-4-8-19(18)21/h4-11,14,17H,12-13,15-16H2,1-3H3/t17-/m1/s1. The van der Waals surface area contributed by atoms with Crippen LogP contribution in [0.1, 0.15) is 33.1 Å². The van der Waals surface area contributed by atoms with Gasteiger partial charge >= 0.3 is 0 Å². The molecule has 3 heterocycles. The fraction of sp³-hybridized carbons (Fsp3) is 0.320. The van der Waals surface area contributed by atoms with Gasteiger partial charge in [-0.3, -0.25) is 9.69 Å². The summed E-state index contributed by atoms with van der Waals surface area (Å²) >= 11 is 1.64. The van der Waals surface area contributed by atoms with Crippen molar-refractivity contribution in [2.75, 3.05) is 27.2 Å². The largest absolute Gasteiger partial charge is 0.350 e. The predicted molar refractivity (Wildman–Crippen MR) is 125 cm³/mol. The van der Waals surface area contributed by atoms with Crippen LogP contribution >= 0.6 is 11.3 Å². The Morgan fingerprint density at radius 1 is 1.10 bits per heavy atom. The van der Waals surface area contributed by atoms with E-state index in [0.717, 1.165) is 30.9 Å². The molecule has 5 heteroatoms. The number of aryl methyl sites for hydroxylation is 1. The van der Waals surface area contributed by atoms with Crippen LogP contribution in [0, 0.1) is 0 Å². The fourth-order valence-electron chi connectivity index (χ4n) is 4.84. The van der Waals surface area contributed by atoms with Gasteiger partial charge in [0.1, 0.15) is 0 Å². The minimum absolute atomic E-state index is 0.124. The molecule has 1 aliphatic rings. The summed E-state index contributed by atoms with van der Waals surface area (Å²) in [7, 11) is 5.81. The average molecular weight is 418 g/mol. The van der Waals surface area contributed by atoms with Gasteiger partial charge in [-0.05, 0) is 41.6 Å². The summed E-state index contributed by atoms with van der Waals surface area (Å²) in [6.45, 7) is 3.02. The highest BCUT2D eigenvalue weighted by atomic mass is 32.1. The molecule has 1 fully saturated rings. The predicted octanol–water partition coefficient (Wildman–Crippen LogP) is 5.08. The molecule has 0 N–H and O–H groups in total. The summed E-state index contributed by atoms with van der Waals surface area (Å²) in [4.78, 5) is 18.1.